The Morgan fingerprint density at radius 2 is 2.07 bits per heavy atom. The molecule has 1 aromatic carbocycles. The highest BCUT2D eigenvalue weighted by molar-refractivity contribution is 5.89. The molecule has 1 N–H and O–H groups in total. The molecule has 1 rings (SSSR count). The Labute approximate surface area is 90.4 Å². The van der Waals surface area contributed by atoms with E-state index in [1.54, 1.807) is 12.1 Å². The Hall–Kier alpha value is -1.35. The number of ether oxygens (including phenoxy) is 1. The molecule has 3 nitrogen and oxygen atoms in total. The summed E-state index contributed by atoms with van der Waals surface area (Å²) in [6.07, 6.45) is 0.778. The molecule has 0 aliphatic heterocycles. The fraction of sp³-hybridized carbons (Fsp3) is 0.417. The van der Waals surface area contributed by atoms with E-state index in [9.17, 15) is 4.79 Å². The highest BCUT2D eigenvalue weighted by atomic mass is 16.5. The molecular formula is C12H17NO2. The molecule has 82 valence electrons. The molecule has 0 saturated heterocycles. The van der Waals surface area contributed by atoms with Crippen molar-refractivity contribution in [3.8, 4) is 0 Å². The molecule has 0 unspecified atom stereocenters. The molecule has 0 spiro atoms. The minimum atomic E-state index is -0.251. The Morgan fingerprint density at radius 1 is 1.40 bits per heavy atom. The van der Waals surface area contributed by atoms with Gasteiger partial charge in [-0.2, -0.15) is 0 Å². The van der Waals surface area contributed by atoms with E-state index in [0.29, 0.717) is 5.56 Å². The first kappa shape index (κ1) is 11.7. The van der Waals surface area contributed by atoms with Crippen LogP contribution in [0.4, 0.5) is 0 Å². The fourth-order valence-electron chi connectivity index (χ4n) is 1.23. The van der Waals surface area contributed by atoms with Gasteiger partial charge in [-0.15, -0.1) is 0 Å². The van der Waals surface area contributed by atoms with Gasteiger partial charge < -0.3 is 10.1 Å². The molecule has 0 saturated carbocycles. The highest BCUT2D eigenvalue weighted by Gasteiger charge is 2.10. The first-order chi connectivity index (χ1) is 7.24. The maximum Gasteiger partial charge on any atom is 0.338 e. The van der Waals surface area contributed by atoms with Crippen LogP contribution in [0.5, 0.6) is 0 Å². The first-order valence-corrected chi connectivity index (χ1v) is 5.14. The molecule has 0 bridgehead atoms. The summed E-state index contributed by atoms with van der Waals surface area (Å²) in [5, 5.41) is 3.02. The van der Waals surface area contributed by atoms with Gasteiger partial charge in [0.05, 0.1) is 5.56 Å². The van der Waals surface area contributed by atoms with Crippen LogP contribution in [0.15, 0.2) is 30.3 Å². The predicted molar refractivity (Wildman–Crippen MR) is 59.9 cm³/mol. The van der Waals surface area contributed by atoms with Crippen molar-refractivity contribution in [1.29, 1.82) is 0 Å². The summed E-state index contributed by atoms with van der Waals surface area (Å²) in [6.45, 7) is 2.75. The lowest BCUT2D eigenvalue weighted by Crippen LogP contribution is -2.20. The quantitative estimate of drug-likeness (QED) is 0.749. The van der Waals surface area contributed by atoms with Crippen LogP contribution in [-0.2, 0) is 4.74 Å². The molecule has 0 heterocycles. The third-order valence-electron chi connectivity index (χ3n) is 2.12. The third kappa shape index (κ3) is 4.13. The minimum Gasteiger partial charge on any atom is -0.459 e. The number of hydrogen-bond donors (Lipinski definition) is 1. The molecule has 15 heavy (non-hydrogen) atoms. The van der Waals surface area contributed by atoms with Crippen molar-refractivity contribution in [3.05, 3.63) is 35.9 Å². The van der Waals surface area contributed by atoms with Gasteiger partial charge in [0, 0.05) is 0 Å². The van der Waals surface area contributed by atoms with Gasteiger partial charge >= 0.3 is 5.97 Å². The molecule has 3 heteroatoms. The maximum atomic E-state index is 11.6. The van der Waals surface area contributed by atoms with E-state index in [1.165, 1.54) is 0 Å². The number of nitrogens with one attached hydrogen (secondary N) is 1. The van der Waals surface area contributed by atoms with Gasteiger partial charge in [-0.05, 0) is 39.1 Å². The highest BCUT2D eigenvalue weighted by Crippen LogP contribution is 2.05. The van der Waals surface area contributed by atoms with Crippen molar-refractivity contribution in [1.82, 2.24) is 5.32 Å². The third-order valence-corrected chi connectivity index (χ3v) is 2.12. The minimum absolute atomic E-state index is 0.0508. The van der Waals surface area contributed by atoms with Gasteiger partial charge in [0.1, 0.15) is 6.10 Å². The van der Waals surface area contributed by atoms with Crippen LogP contribution in [0.2, 0.25) is 0 Å². The van der Waals surface area contributed by atoms with Gasteiger partial charge in [0.15, 0.2) is 0 Å². The van der Waals surface area contributed by atoms with Crippen LogP contribution in [0.1, 0.15) is 23.7 Å². The molecular weight excluding hydrogens is 190 g/mol. The smallest absolute Gasteiger partial charge is 0.338 e. The number of carbonyl (C=O) groups excluding carboxylic acids is 1. The SMILES string of the molecule is CNCC[C@@H](C)OC(=O)c1ccccc1. The zero-order valence-corrected chi connectivity index (χ0v) is 9.19. The second kappa shape index (κ2) is 6.19. The number of carbonyl (C=O) groups is 1. The van der Waals surface area contributed by atoms with E-state index < -0.39 is 0 Å². The summed E-state index contributed by atoms with van der Waals surface area (Å²) >= 11 is 0. The Morgan fingerprint density at radius 3 is 2.67 bits per heavy atom. The zero-order chi connectivity index (χ0) is 11.1. The van der Waals surface area contributed by atoms with Gasteiger partial charge in [0.25, 0.3) is 0 Å². The van der Waals surface area contributed by atoms with Gasteiger partial charge in [-0.1, -0.05) is 18.2 Å². The monoisotopic (exact) mass is 207 g/mol. The van der Waals surface area contributed by atoms with Gasteiger partial charge in [0.2, 0.25) is 0 Å². The lowest BCUT2D eigenvalue weighted by molar-refractivity contribution is 0.0326. The lowest BCUT2D eigenvalue weighted by atomic mass is 10.2. The fourth-order valence-corrected chi connectivity index (χ4v) is 1.23. The van der Waals surface area contributed by atoms with Gasteiger partial charge in [-0.3, -0.25) is 0 Å². The molecule has 1 aromatic rings. The molecule has 1 atom stereocenters. The second-order valence-corrected chi connectivity index (χ2v) is 3.47. The van der Waals surface area contributed by atoms with E-state index >= 15 is 0 Å². The summed E-state index contributed by atoms with van der Waals surface area (Å²) in [4.78, 5) is 11.6. The number of benzene rings is 1. The van der Waals surface area contributed by atoms with Crippen molar-refractivity contribution >= 4 is 5.97 Å². The predicted octanol–water partition coefficient (Wildman–Crippen LogP) is 1.84. The topological polar surface area (TPSA) is 38.3 Å². The lowest BCUT2D eigenvalue weighted by Gasteiger charge is -2.12. The normalized spacial score (nSPS) is 12.1. The molecule has 0 aromatic heterocycles. The Kier molecular flexibility index (Phi) is 4.84. The molecule has 0 amide bonds. The average Bonchev–Trinajstić information content (AvgIpc) is 2.27. The molecule has 0 aliphatic rings. The zero-order valence-electron chi connectivity index (χ0n) is 9.19. The van der Waals surface area contributed by atoms with Crippen LogP contribution >= 0.6 is 0 Å². The first-order valence-electron chi connectivity index (χ1n) is 5.14. The largest absolute Gasteiger partial charge is 0.459 e. The summed E-state index contributed by atoms with van der Waals surface area (Å²) in [6, 6.07) is 9.05. The summed E-state index contributed by atoms with van der Waals surface area (Å²) in [5.74, 6) is -0.251. The number of rotatable bonds is 5. The van der Waals surface area contributed by atoms with Crippen molar-refractivity contribution in [2.24, 2.45) is 0 Å². The second-order valence-electron chi connectivity index (χ2n) is 3.47. The summed E-state index contributed by atoms with van der Waals surface area (Å²) in [7, 11) is 1.88. The number of hydrogen-bond acceptors (Lipinski definition) is 3. The Bertz CT molecular complexity index is 298. The van der Waals surface area contributed by atoms with Crippen LogP contribution in [0.3, 0.4) is 0 Å². The van der Waals surface area contributed by atoms with Crippen molar-refractivity contribution in [3.63, 3.8) is 0 Å². The van der Waals surface area contributed by atoms with Gasteiger partial charge in [-0.25, -0.2) is 4.79 Å². The van der Waals surface area contributed by atoms with Crippen LogP contribution < -0.4 is 5.32 Å². The standard InChI is InChI=1S/C12H17NO2/c1-10(8-9-13-2)15-12(14)11-6-4-3-5-7-11/h3-7,10,13H,8-9H2,1-2H3/t10-/m1/s1. The van der Waals surface area contributed by atoms with Crippen LogP contribution in [0.25, 0.3) is 0 Å². The van der Waals surface area contributed by atoms with Crippen molar-refractivity contribution in [2.45, 2.75) is 19.4 Å². The summed E-state index contributed by atoms with van der Waals surface area (Å²) < 4.78 is 5.26. The molecule has 0 aliphatic carbocycles. The van der Waals surface area contributed by atoms with Crippen molar-refractivity contribution < 1.29 is 9.53 Å². The summed E-state index contributed by atoms with van der Waals surface area (Å²) in [5.41, 5.74) is 0.605. The van der Waals surface area contributed by atoms with E-state index in [-0.39, 0.29) is 12.1 Å². The maximum absolute atomic E-state index is 11.6. The van der Waals surface area contributed by atoms with E-state index in [2.05, 4.69) is 5.32 Å². The Balaban J connectivity index is 2.42. The van der Waals surface area contributed by atoms with E-state index in [0.717, 1.165) is 13.0 Å². The van der Waals surface area contributed by atoms with Crippen LogP contribution in [-0.4, -0.2) is 25.7 Å². The van der Waals surface area contributed by atoms with E-state index in [4.69, 9.17) is 4.74 Å². The average molecular weight is 207 g/mol. The van der Waals surface area contributed by atoms with E-state index in [1.807, 2.05) is 32.2 Å². The molecule has 0 radical (unpaired) electrons. The van der Waals surface area contributed by atoms with Crippen molar-refractivity contribution in [2.75, 3.05) is 13.6 Å². The number of esters is 1. The molecule has 0 fully saturated rings. The van der Waals surface area contributed by atoms with Crippen LogP contribution in [0, 0.1) is 0 Å².